The molecule has 9 heteroatoms. The van der Waals surface area contributed by atoms with E-state index in [4.69, 9.17) is 9.47 Å². The highest BCUT2D eigenvalue weighted by Gasteiger charge is 2.18. The molecule has 0 saturated heterocycles. The average Bonchev–Trinajstić information content (AvgIpc) is 3.19. The van der Waals surface area contributed by atoms with Gasteiger partial charge in [-0.1, -0.05) is 11.3 Å². The Hall–Kier alpha value is -2.52. The monoisotopic (exact) mass is 376 g/mol. The second-order valence-electron chi connectivity index (χ2n) is 5.08. The number of aromatic nitrogens is 3. The normalized spacial score (nSPS) is 10.6. The van der Waals surface area contributed by atoms with Crippen LogP contribution in [0.15, 0.2) is 18.2 Å². The van der Waals surface area contributed by atoms with E-state index < -0.39 is 0 Å². The number of hydrogen-bond acceptors (Lipinski definition) is 8. The van der Waals surface area contributed by atoms with Gasteiger partial charge in [0.15, 0.2) is 11.5 Å². The summed E-state index contributed by atoms with van der Waals surface area (Å²) < 4.78 is 10.6. The summed E-state index contributed by atoms with van der Waals surface area (Å²) in [7, 11) is 3.17. The second-order valence-corrected chi connectivity index (χ2v) is 7.26. The van der Waals surface area contributed by atoms with Crippen LogP contribution in [0.2, 0.25) is 0 Å². The molecule has 0 radical (unpaired) electrons. The molecule has 130 valence electrons. The van der Waals surface area contributed by atoms with E-state index in [1.54, 1.807) is 21.1 Å². The maximum absolute atomic E-state index is 12.5. The molecule has 2 heterocycles. The molecule has 1 aromatic carbocycles. The van der Waals surface area contributed by atoms with Gasteiger partial charge in [0.1, 0.15) is 14.9 Å². The Morgan fingerprint density at radius 2 is 1.84 bits per heavy atom. The number of amides is 1. The zero-order chi connectivity index (χ0) is 18.0. The number of ether oxygens (including phenoxy) is 2. The summed E-state index contributed by atoms with van der Waals surface area (Å²) in [5.74, 6) is 1.02. The zero-order valence-corrected chi connectivity index (χ0v) is 15.7. The van der Waals surface area contributed by atoms with E-state index in [1.807, 2.05) is 25.1 Å². The van der Waals surface area contributed by atoms with E-state index in [-0.39, 0.29) is 5.91 Å². The van der Waals surface area contributed by atoms with E-state index in [1.165, 1.54) is 22.7 Å². The lowest BCUT2D eigenvalue weighted by atomic mass is 10.2. The van der Waals surface area contributed by atoms with Gasteiger partial charge in [-0.2, -0.15) is 0 Å². The highest BCUT2D eigenvalue weighted by Crippen LogP contribution is 2.35. The predicted molar refractivity (Wildman–Crippen MR) is 98.0 cm³/mol. The summed E-state index contributed by atoms with van der Waals surface area (Å²) in [6, 6.07) is 5.54. The molecule has 0 spiro atoms. The molecule has 3 rings (SSSR count). The number of aryl methyl sites for hydroxylation is 2. The highest BCUT2D eigenvalue weighted by molar-refractivity contribution is 7.17. The molecule has 0 atom stereocenters. The van der Waals surface area contributed by atoms with Gasteiger partial charge in [0.05, 0.1) is 19.9 Å². The van der Waals surface area contributed by atoms with E-state index in [2.05, 4.69) is 20.5 Å². The van der Waals surface area contributed by atoms with Crippen LogP contribution in [0.25, 0.3) is 10.6 Å². The largest absolute Gasteiger partial charge is 0.493 e. The molecule has 2 aromatic heterocycles. The third kappa shape index (κ3) is 3.62. The molecule has 25 heavy (non-hydrogen) atoms. The van der Waals surface area contributed by atoms with Crippen LogP contribution in [0, 0.1) is 13.8 Å². The first kappa shape index (κ1) is 17.3. The molecule has 0 aliphatic carbocycles. The zero-order valence-electron chi connectivity index (χ0n) is 14.1. The van der Waals surface area contributed by atoms with Crippen molar-refractivity contribution >= 4 is 33.7 Å². The fourth-order valence-corrected chi connectivity index (χ4v) is 3.75. The maximum atomic E-state index is 12.5. The van der Waals surface area contributed by atoms with Crippen LogP contribution in [0.5, 0.6) is 11.5 Å². The van der Waals surface area contributed by atoms with Crippen LogP contribution in [0.1, 0.15) is 20.4 Å². The second kappa shape index (κ2) is 7.16. The fraction of sp³-hybridized carbons (Fsp3) is 0.250. The Morgan fingerprint density at radius 1 is 1.08 bits per heavy atom. The molecule has 0 unspecified atom stereocenters. The van der Waals surface area contributed by atoms with Gasteiger partial charge in [-0.3, -0.25) is 10.1 Å². The van der Waals surface area contributed by atoms with Crippen molar-refractivity contribution in [3.05, 3.63) is 33.8 Å². The number of carbonyl (C=O) groups excluding carboxylic acids is 1. The smallest absolute Gasteiger partial charge is 0.269 e. The van der Waals surface area contributed by atoms with Gasteiger partial charge in [-0.25, -0.2) is 4.98 Å². The first-order chi connectivity index (χ1) is 12.0. The van der Waals surface area contributed by atoms with E-state index in [9.17, 15) is 4.79 Å². The first-order valence-corrected chi connectivity index (χ1v) is 8.96. The van der Waals surface area contributed by atoms with Gasteiger partial charge in [0.25, 0.3) is 5.91 Å². The maximum Gasteiger partial charge on any atom is 0.269 e. The van der Waals surface area contributed by atoms with Crippen LogP contribution < -0.4 is 14.8 Å². The number of benzene rings is 1. The van der Waals surface area contributed by atoms with Crippen LogP contribution >= 0.6 is 22.7 Å². The van der Waals surface area contributed by atoms with Crippen molar-refractivity contribution < 1.29 is 14.3 Å². The molecule has 0 fully saturated rings. The van der Waals surface area contributed by atoms with Crippen LogP contribution in [0.3, 0.4) is 0 Å². The topological polar surface area (TPSA) is 86.2 Å². The van der Waals surface area contributed by atoms with Crippen molar-refractivity contribution in [1.29, 1.82) is 0 Å². The van der Waals surface area contributed by atoms with Gasteiger partial charge in [0, 0.05) is 5.56 Å². The van der Waals surface area contributed by atoms with Gasteiger partial charge in [0.2, 0.25) is 5.13 Å². The molecule has 1 amide bonds. The van der Waals surface area contributed by atoms with Crippen molar-refractivity contribution in [3.8, 4) is 22.1 Å². The summed E-state index contributed by atoms with van der Waals surface area (Å²) in [4.78, 5) is 17.5. The first-order valence-electron chi connectivity index (χ1n) is 7.33. The Labute approximate surface area is 152 Å². The molecular weight excluding hydrogens is 360 g/mol. The Bertz CT molecular complexity index is 920. The molecule has 7 nitrogen and oxygen atoms in total. The third-order valence-corrected chi connectivity index (χ3v) is 5.34. The lowest BCUT2D eigenvalue weighted by molar-refractivity contribution is 0.102. The van der Waals surface area contributed by atoms with Crippen LogP contribution in [-0.2, 0) is 0 Å². The standard InChI is InChI=1S/C16H16N4O3S2/c1-8-13(14(21)18-16-20-19-9(2)24-16)25-15(17-8)10-5-6-11(22-3)12(7-10)23-4/h5-7H,1-4H3,(H,18,20,21). The SMILES string of the molecule is COc1ccc(-c2nc(C)c(C(=O)Nc3nnc(C)s3)s2)cc1OC. The third-order valence-electron chi connectivity index (χ3n) is 3.38. The number of thiazole rings is 1. The fourth-order valence-electron chi connectivity index (χ4n) is 2.20. The Morgan fingerprint density at radius 3 is 2.48 bits per heavy atom. The predicted octanol–water partition coefficient (Wildman–Crippen LogP) is 3.55. The van der Waals surface area contributed by atoms with Gasteiger partial charge >= 0.3 is 0 Å². The lowest BCUT2D eigenvalue weighted by Crippen LogP contribution is -2.11. The van der Waals surface area contributed by atoms with Crippen molar-refractivity contribution in [2.75, 3.05) is 19.5 Å². The summed E-state index contributed by atoms with van der Waals surface area (Å²) in [6.07, 6.45) is 0. The quantitative estimate of drug-likeness (QED) is 0.733. The average molecular weight is 376 g/mol. The molecule has 0 aliphatic heterocycles. The Kier molecular flexibility index (Phi) is 4.95. The summed E-state index contributed by atoms with van der Waals surface area (Å²) in [5.41, 5.74) is 1.52. The van der Waals surface area contributed by atoms with Crippen molar-refractivity contribution in [3.63, 3.8) is 0 Å². The minimum atomic E-state index is -0.238. The van der Waals surface area contributed by atoms with Gasteiger partial charge in [-0.15, -0.1) is 21.5 Å². The number of anilines is 1. The minimum Gasteiger partial charge on any atom is -0.493 e. The molecular formula is C16H16N4O3S2. The molecule has 3 aromatic rings. The molecule has 0 saturated carbocycles. The number of hydrogen-bond donors (Lipinski definition) is 1. The minimum absolute atomic E-state index is 0.238. The van der Waals surface area contributed by atoms with E-state index >= 15 is 0 Å². The van der Waals surface area contributed by atoms with Crippen molar-refractivity contribution in [2.24, 2.45) is 0 Å². The van der Waals surface area contributed by atoms with Gasteiger partial charge < -0.3 is 9.47 Å². The number of nitrogens with zero attached hydrogens (tertiary/aromatic N) is 3. The summed E-state index contributed by atoms with van der Waals surface area (Å²) >= 11 is 2.64. The number of methoxy groups -OCH3 is 2. The Balaban J connectivity index is 1.88. The summed E-state index contributed by atoms with van der Waals surface area (Å²) in [5, 5.41) is 12.6. The summed E-state index contributed by atoms with van der Waals surface area (Å²) in [6.45, 7) is 3.64. The molecule has 0 bridgehead atoms. The number of nitrogens with one attached hydrogen (secondary N) is 1. The van der Waals surface area contributed by atoms with Crippen LogP contribution in [-0.4, -0.2) is 35.3 Å². The van der Waals surface area contributed by atoms with Gasteiger partial charge in [-0.05, 0) is 32.0 Å². The highest BCUT2D eigenvalue weighted by atomic mass is 32.1. The van der Waals surface area contributed by atoms with Crippen molar-refractivity contribution in [1.82, 2.24) is 15.2 Å². The number of rotatable bonds is 5. The van der Waals surface area contributed by atoms with Crippen LogP contribution in [0.4, 0.5) is 5.13 Å². The van der Waals surface area contributed by atoms with E-state index in [0.29, 0.717) is 27.2 Å². The number of carbonyl (C=O) groups is 1. The van der Waals surface area contributed by atoms with E-state index in [0.717, 1.165) is 15.6 Å². The lowest BCUT2D eigenvalue weighted by Gasteiger charge is -2.08. The molecule has 1 N–H and O–H groups in total. The molecule has 0 aliphatic rings. The van der Waals surface area contributed by atoms with Crippen molar-refractivity contribution in [2.45, 2.75) is 13.8 Å².